The average Bonchev–Trinajstić information content (AvgIpc) is 2.15. The van der Waals surface area contributed by atoms with E-state index in [0.29, 0.717) is 0 Å². The molecule has 1 N–H and O–H groups in total. The number of halogens is 4. The molecule has 16 heavy (non-hydrogen) atoms. The lowest BCUT2D eigenvalue weighted by molar-refractivity contribution is -0.137. The summed E-state index contributed by atoms with van der Waals surface area (Å²) < 4.78 is 37.6. The minimum Gasteiger partial charge on any atom is -0.492 e. The Morgan fingerprint density at radius 3 is 2.56 bits per heavy atom. The third-order valence-corrected chi connectivity index (χ3v) is 2.52. The lowest BCUT2D eigenvalue weighted by atomic mass is 10.2. The molecule has 2 aromatic rings. The Bertz CT molecular complexity index is 556. The molecule has 0 aliphatic heterocycles. The number of hydrogen-bond acceptors (Lipinski definition) is 3. The van der Waals surface area contributed by atoms with Crippen LogP contribution in [0.2, 0.25) is 0 Å². The van der Waals surface area contributed by atoms with Crippen molar-refractivity contribution in [3.63, 3.8) is 0 Å². The monoisotopic (exact) mass is 292 g/mol. The van der Waals surface area contributed by atoms with Crippen molar-refractivity contribution in [1.29, 1.82) is 0 Å². The second kappa shape index (κ2) is 3.58. The third-order valence-electron chi connectivity index (χ3n) is 1.91. The first-order chi connectivity index (χ1) is 7.38. The Balaban J connectivity index is 2.75. The van der Waals surface area contributed by atoms with E-state index in [1.807, 2.05) is 0 Å². The Hall–Kier alpha value is -1.37. The zero-order valence-electron chi connectivity index (χ0n) is 7.59. The zero-order chi connectivity index (χ0) is 11.9. The largest absolute Gasteiger partial charge is 0.492 e. The fourth-order valence-electron chi connectivity index (χ4n) is 1.24. The van der Waals surface area contributed by atoms with Crippen LogP contribution in [0, 0.1) is 0 Å². The molecule has 0 saturated carbocycles. The number of aromatic nitrogens is 2. The lowest BCUT2D eigenvalue weighted by Gasteiger charge is -2.08. The highest BCUT2D eigenvalue weighted by molar-refractivity contribution is 9.10. The molecular weight excluding hydrogens is 289 g/mol. The standard InChI is InChI=1S/C9H4BrF3N2O/c10-5-1-4(9(11,12)13)2-6-8(5)14-3-7(16)15-6/h1-3H,(H,15,16). The van der Waals surface area contributed by atoms with Gasteiger partial charge in [0.1, 0.15) is 5.52 Å². The number of rotatable bonds is 0. The summed E-state index contributed by atoms with van der Waals surface area (Å²) in [5.74, 6) is -0.418. The molecule has 1 aromatic carbocycles. The number of aromatic hydroxyl groups is 1. The van der Waals surface area contributed by atoms with Crippen molar-refractivity contribution in [2.75, 3.05) is 0 Å². The molecule has 0 radical (unpaired) electrons. The smallest absolute Gasteiger partial charge is 0.416 e. The number of benzene rings is 1. The van der Waals surface area contributed by atoms with E-state index in [9.17, 15) is 13.2 Å². The van der Waals surface area contributed by atoms with Crippen LogP contribution in [-0.4, -0.2) is 15.1 Å². The summed E-state index contributed by atoms with van der Waals surface area (Å²) in [4.78, 5) is 7.35. The van der Waals surface area contributed by atoms with Gasteiger partial charge in [0.25, 0.3) is 0 Å². The molecule has 0 unspecified atom stereocenters. The Morgan fingerprint density at radius 1 is 1.25 bits per heavy atom. The molecule has 3 nitrogen and oxygen atoms in total. The van der Waals surface area contributed by atoms with Gasteiger partial charge in [0.2, 0.25) is 5.88 Å². The Morgan fingerprint density at radius 2 is 1.94 bits per heavy atom. The summed E-state index contributed by atoms with van der Waals surface area (Å²) in [6, 6.07) is 1.76. The molecule has 7 heteroatoms. The molecular formula is C9H4BrF3N2O. The molecule has 0 amide bonds. The van der Waals surface area contributed by atoms with Crippen LogP contribution >= 0.6 is 15.9 Å². The molecule has 0 spiro atoms. The summed E-state index contributed by atoms with van der Waals surface area (Å²) >= 11 is 2.98. The molecule has 2 rings (SSSR count). The van der Waals surface area contributed by atoms with Crippen molar-refractivity contribution in [2.24, 2.45) is 0 Å². The number of hydrogen-bond donors (Lipinski definition) is 1. The summed E-state index contributed by atoms with van der Waals surface area (Å²) in [6.45, 7) is 0. The van der Waals surface area contributed by atoms with Crippen LogP contribution in [0.5, 0.6) is 5.88 Å². The maximum atomic E-state index is 12.5. The minimum atomic E-state index is -4.45. The second-order valence-corrected chi connectivity index (χ2v) is 3.91. The van der Waals surface area contributed by atoms with Crippen LogP contribution in [-0.2, 0) is 6.18 Å². The van der Waals surface area contributed by atoms with Crippen molar-refractivity contribution >= 4 is 27.0 Å². The molecule has 0 bridgehead atoms. The van der Waals surface area contributed by atoms with Crippen LogP contribution in [0.25, 0.3) is 11.0 Å². The molecule has 0 atom stereocenters. The van der Waals surface area contributed by atoms with Gasteiger partial charge in [-0.3, -0.25) is 0 Å². The normalized spacial score (nSPS) is 12.0. The van der Waals surface area contributed by atoms with Crippen molar-refractivity contribution in [2.45, 2.75) is 6.18 Å². The van der Waals surface area contributed by atoms with E-state index in [1.165, 1.54) is 0 Å². The Labute approximate surface area is 96.1 Å². The molecule has 0 saturated heterocycles. The van der Waals surface area contributed by atoms with Gasteiger partial charge < -0.3 is 5.11 Å². The van der Waals surface area contributed by atoms with E-state index < -0.39 is 17.6 Å². The molecule has 0 aliphatic carbocycles. The maximum Gasteiger partial charge on any atom is 0.416 e. The van der Waals surface area contributed by atoms with Crippen LogP contribution in [0.3, 0.4) is 0 Å². The number of fused-ring (bicyclic) bond motifs is 1. The van der Waals surface area contributed by atoms with Gasteiger partial charge in [-0.1, -0.05) is 0 Å². The van der Waals surface area contributed by atoms with E-state index in [4.69, 9.17) is 5.11 Å². The van der Waals surface area contributed by atoms with Crippen molar-refractivity contribution < 1.29 is 18.3 Å². The molecule has 0 fully saturated rings. The first-order valence-corrected chi connectivity index (χ1v) is 4.89. The van der Waals surface area contributed by atoms with Gasteiger partial charge in [0.05, 0.1) is 17.3 Å². The number of alkyl halides is 3. The summed E-state index contributed by atoms with van der Waals surface area (Å²) in [7, 11) is 0. The van der Waals surface area contributed by atoms with Crippen molar-refractivity contribution in [3.8, 4) is 5.88 Å². The van der Waals surface area contributed by atoms with Crippen LogP contribution in [0.15, 0.2) is 22.8 Å². The zero-order valence-corrected chi connectivity index (χ0v) is 9.17. The fourth-order valence-corrected chi connectivity index (χ4v) is 1.79. The molecule has 0 aliphatic rings. The van der Waals surface area contributed by atoms with E-state index in [1.54, 1.807) is 0 Å². The summed E-state index contributed by atoms with van der Waals surface area (Å²) in [5, 5.41) is 9.04. The molecule has 1 heterocycles. The van der Waals surface area contributed by atoms with Gasteiger partial charge in [-0.25, -0.2) is 9.97 Å². The average molecular weight is 293 g/mol. The molecule has 1 aromatic heterocycles. The minimum absolute atomic E-state index is 0.0123. The van der Waals surface area contributed by atoms with Gasteiger partial charge in [-0.05, 0) is 28.1 Å². The van der Waals surface area contributed by atoms with Gasteiger partial charge in [0.15, 0.2) is 0 Å². The van der Waals surface area contributed by atoms with E-state index >= 15 is 0 Å². The first kappa shape index (κ1) is 11.1. The quantitative estimate of drug-likeness (QED) is 0.811. The maximum absolute atomic E-state index is 12.5. The van der Waals surface area contributed by atoms with E-state index in [-0.39, 0.29) is 15.5 Å². The van der Waals surface area contributed by atoms with Gasteiger partial charge >= 0.3 is 6.18 Å². The van der Waals surface area contributed by atoms with Crippen molar-refractivity contribution in [3.05, 3.63) is 28.4 Å². The highest BCUT2D eigenvalue weighted by Crippen LogP contribution is 2.34. The highest BCUT2D eigenvalue weighted by Gasteiger charge is 2.31. The number of nitrogens with zero attached hydrogens (tertiary/aromatic N) is 2. The third kappa shape index (κ3) is 1.95. The van der Waals surface area contributed by atoms with E-state index in [2.05, 4.69) is 25.9 Å². The Kier molecular flexibility index (Phi) is 2.49. The second-order valence-electron chi connectivity index (χ2n) is 3.05. The first-order valence-electron chi connectivity index (χ1n) is 4.10. The van der Waals surface area contributed by atoms with Gasteiger partial charge in [-0.15, -0.1) is 0 Å². The summed E-state index contributed by atoms with van der Waals surface area (Å²) in [6.07, 6.45) is -3.38. The van der Waals surface area contributed by atoms with Crippen LogP contribution in [0.1, 0.15) is 5.56 Å². The van der Waals surface area contributed by atoms with Gasteiger partial charge in [-0.2, -0.15) is 13.2 Å². The topological polar surface area (TPSA) is 46.0 Å². The lowest BCUT2D eigenvalue weighted by Crippen LogP contribution is -2.05. The van der Waals surface area contributed by atoms with Gasteiger partial charge in [0, 0.05) is 4.47 Å². The highest BCUT2D eigenvalue weighted by atomic mass is 79.9. The van der Waals surface area contributed by atoms with Crippen LogP contribution < -0.4 is 0 Å². The predicted octanol–water partition coefficient (Wildman–Crippen LogP) is 3.12. The predicted molar refractivity (Wildman–Crippen MR) is 53.9 cm³/mol. The SMILES string of the molecule is Oc1cnc2c(Br)cc(C(F)(F)F)cc2n1. The molecule has 84 valence electrons. The van der Waals surface area contributed by atoms with Crippen LogP contribution in [0.4, 0.5) is 13.2 Å². The summed E-state index contributed by atoms with van der Waals surface area (Å²) in [5.41, 5.74) is -0.584. The van der Waals surface area contributed by atoms with E-state index in [0.717, 1.165) is 18.3 Å². The fraction of sp³-hybridized carbons (Fsp3) is 0.111. The van der Waals surface area contributed by atoms with Crippen molar-refractivity contribution in [1.82, 2.24) is 9.97 Å².